The third-order valence-corrected chi connectivity index (χ3v) is 1.49. The zero-order valence-electron chi connectivity index (χ0n) is 6.68. The van der Waals surface area contributed by atoms with Crippen LogP contribution in [-0.2, 0) is 0 Å². The lowest BCUT2D eigenvalue weighted by atomic mass is 10.5. The molecular formula is C8H7N3O2. The number of aromatic nitrogens is 2. The average molecular weight is 177 g/mol. The number of nitrogens with zero attached hydrogens (tertiary/aromatic N) is 2. The van der Waals surface area contributed by atoms with Gasteiger partial charge in [-0.3, -0.25) is 14.9 Å². The van der Waals surface area contributed by atoms with Crippen LogP contribution >= 0.6 is 0 Å². The molecule has 0 aliphatic heterocycles. The highest BCUT2D eigenvalue weighted by atomic mass is 16.3. The predicted molar refractivity (Wildman–Crippen MR) is 44.6 cm³/mol. The summed E-state index contributed by atoms with van der Waals surface area (Å²) in [5.74, 6) is -0.137. The fourth-order valence-electron chi connectivity index (χ4n) is 0.909. The number of nitrogens with one attached hydrogen (secondary N) is 1. The van der Waals surface area contributed by atoms with Crippen molar-refractivity contribution in [3.63, 3.8) is 0 Å². The van der Waals surface area contributed by atoms with E-state index in [-0.39, 0.29) is 11.7 Å². The number of carbonyl (C=O) groups is 1. The molecule has 2 heterocycles. The minimum Gasteiger partial charge on any atom is -0.438 e. The van der Waals surface area contributed by atoms with Crippen LogP contribution in [0.4, 0.5) is 0 Å². The SMILES string of the molecule is O=C(Nn1cccc1)c1cnco1. The van der Waals surface area contributed by atoms with E-state index in [1.807, 2.05) is 0 Å². The van der Waals surface area contributed by atoms with Crippen LogP contribution in [0.3, 0.4) is 0 Å². The lowest BCUT2D eigenvalue weighted by molar-refractivity contribution is 0.0981. The summed E-state index contributed by atoms with van der Waals surface area (Å²) in [5.41, 5.74) is 2.57. The van der Waals surface area contributed by atoms with Gasteiger partial charge < -0.3 is 4.42 Å². The van der Waals surface area contributed by atoms with Gasteiger partial charge in [0.1, 0.15) is 0 Å². The van der Waals surface area contributed by atoms with E-state index < -0.39 is 0 Å². The smallest absolute Gasteiger partial charge is 0.307 e. The Balaban J connectivity index is 2.08. The quantitative estimate of drug-likeness (QED) is 0.740. The minimum atomic E-state index is -0.325. The van der Waals surface area contributed by atoms with Crippen molar-refractivity contribution in [2.45, 2.75) is 0 Å². The Kier molecular flexibility index (Phi) is 1.84. The molecule has 1 N–H and O–H groups in total. The van der Waals surface area contributed by atoms with Crippen molar-refractivity contribution in [1.82, 2.24) is 9.66 Å². The number of oxazole rings is 1. The molecule has 66 valence electrons. The Morgan fingerprint density at radius 1 is 1.46 bits per heavy atom. The van der Waals surface area contributed by atoms with Crippen LogP contribution < -0.4 is 5.43 Å². The molecular weight excluding hydrogens is 170 g/mol. The molecule has 0 bridgehead atoms. The number of hydrogen-bond acceptors (Lipinski definition) is 3. The fraction of sp³-hybridized carbons (Fsp3) is 0. The van der Waals surface area contributed by atoms with E-state index in [0.29, 0.717) is 0 Å². The highest BCUT2D eigenvalue weighted by Crippen LogP contribution is 1.97. The molecule has 0 aromatic carbocycles. The molecule has 2 aromatic rings. The van der Waals surface area contributed by atoms with Gasteiger partial charge in [-0.25, -0.2) is 4.98 Å². The maximum atomic E-state index is 11.3. The monoisotopic (exact) mass is 177 g/mol. The normalized spacial score (nSPS) is 9.85. The molecule has 5 nitrogen and oxygen atoms in total. The van der Waals surface area contributed by atoms with Crippen molar-refractivity contribution in [3.8, 4) is 0 Å². The Morgan fingerprint density at radius 2 is 2.23 bits per heavy atom. The van der Waals surface area contributed by atoms with Crippen LogP contribution in [0.5, 0.6) is 0 Å². The van der Waals surface area contributed by atoms with E-state index in [1.54, 1.807) is 24.5 Å². The second-order valence-electron chi connectivity index (χ2n) is 2.40. The first-order valence-electron chi connectivity index (χ1n) is 3.69. The molecule has 13 heavy (non-hydrogen) atoms. The van der Waals surface area contributed by atoms with E-state index in [2.05, 4.69) is 10.4 Å². The van der Waals surface area contributed by atoms with Crippen LogP contribution in [-0.4, -0.2) is 15.6 Å². The summed E-state index contributed by atoms with van der Waals surface area (Å²) < 4.78 is 6.34. The molecule has 0 aliphatic carbocycles. The molecule has 0 unspecified atom stereocenters. The lowest BCUT2D eigenvalue weighted by Crippen LogP contribution is -2.20. The second kappa shape index (κ2) is 3.14. The fourth-order valence-corrected chi connectivity index (χ4v) is 0.909. The molecule has 1 amide bonds. The van der Waals surface area contributed by atoms with Crippen molar-refractivity contribution in [3.05, 3.63) is 42.9 Å². The Bertz CT molecular complexity index is 377. The number of amides is 1. The van der Waals surface area contributed by atoms with E-state index >= 15 is 0 Å². The van der Waals surface area contributed by atoms with Gasteiger partial charge in [-0.1, -0.05) is 0 Å². The second-order valence-corrected chi connectivity index (χ2v) is 2.40. The van der Waals surface area contributed by atoms with Gasteiger partial charge in [0.25, 0.3) is 0 Å². The molecule has 0 saturated carbocycles. The molecule has 0 saturated heterocycles. The first-order chi connectivity index (χ1) is 6.36. The molecule has 0 fully saturated rings. The van der Waals surface area contributed by atoms with Crippen LogP contribution in [0.1, 0.15) is 10.6 Å². The largest absolute Gasteiger partial charge is 0.438 e. The summed E-state index contributed by atoms with van der Waals surface area (Å²) in [5, 5.41) is 0. The molecule has 0 radical (unpaired) electrons. The topological polar surface area (TPSA) is 60.1 Å². The third kappa shape index (κ3) is 1.58. The van der Waals surface area contributed by atoms with Crippen molar-refractivity contribution in [1.29, 1.82) is 0 Å². The summed E-state index contributed by atoms with van der Waals surface area (Å²) in [6.07, 6.45) is 6.01. The third-order valence-electron chi connectivity index (χ3n) is 1.49. The maximum absolute atomic E-state index is 11.3. The van der Waals surface area contributed by atoms with E-state index in [4.69, 9.17) is 4.42 Å². The van der Waals surface area contributed by atoms with Gasteiger partial charge in [-0.15, -0.1) is 0 Å². The summed E-state index contributed by atoms with van der Waals surface area (Å²) >= 11 is 0. The predicted octanol–water partition coefficient (Wildman–Crippen LogP) is 0.860. The van der Waals surface area contributed by atoms with E-state index in [9.17, 15) is 4.79 Å². The molecule has 0 spiro atoms. The van der Waals surface area contributed by atoms with Crippen LogP contribution in [0.15, 0.2) is 41.5 Å². The summed E-state index contributed by atoms with van der Waals surface area (Å²) in [4.78, 5) is 14.9. The highest BCUT2D eigenvalue weighted by Gasteiger charge is 2.07. The van der Waals surface area contributed by atoms with Crippen LogP contribution in [0, 0.1) is 0 Å². The van der Waals surface area contributed by atoms with Crippen molar-refractivity contribution in [2.24, 2.45) is 0 Å². The van der Waals surface area contributed by atoms with Gasteiger partial charge in [0.15, 0.2) is 6.39 Å². The first kappa shape index (κ1) is 7.60. The van der Waals surface area contributed by atoms with Gasteiger partial charge in [0.2, 0.25) is 5.76 Å². The average Bonchev–Trinajstić information content (AvgIpc) is 2.74. The van der Waals surface area contributed by atoms with Crippen molar-refractivity contribution >= 4 is 5.91 Å². The molecule has 2 rings (SSSR count). The zero-order chi connectivity index (χ0) is 9.10. The van der Waals surface area contributed by atoms with Gasteiger partial charge in [-0.2, -0.15) is 0 Å². The van der Waals surface area contributed by atoms with Crippen molar-refractivity contribution in [2.75, 3.05) is 5.43 Å². The Labute approximate surface area is 74.0 Å². The minimum absolute atomic E-state index is 0.189. The summed E-state index contributed by atoms with van der Waals surface area (Å²) in [6, 6.07) is 3.61. The number of hydrogen-bond donors (Lipinski definition) is 1. The standard InChI is InChI=1S/C8H7N3O2/c12-8(7-5-9-6-13-7)10-11-3-1-2-4-11/h1-6H,(H,10,12). The van der Waals surface area contributed by atoms with Crippen molar-refractivity contribution < 1.29 is 9.21 Å². The maximum Gasteiger partial charge on any atom is 0.307 e. The van der Waals surface area contributed by atoms with Gasteiger partial charge in [0.05, 0.1) is 6.20 Å². The Hall–Kier alpha value is -2.04. The van der Waals surface area contributed by atoms with Crippen LogP contribution in [0.2, 0.25) is 0 Å². The van der Waals surface area contributed by atoms with E-state index in [1.165, 1.54) is 17.3 Å². The molecule has 2 aromatic heterocycles. The number of carbonyl (C=O) groups excluding carboxylic acids is 1. The van der Waals surface area contributed by atoms with Gasteiger partial charge >= 0.3 is 5.91 Å². The highest BCUT2D eigenvalue weighted by molar-refractivity contribution is 5.97. The van der Waals surface area contributed by atoms with Gasteiger partial charge in [-0.05, 0) is 12.1 Å². The first-order valence-corrected chi connectivity index (χ1v) is 3.69. The molecule has 0 aliphatic rings. The zero-order valence-corrected chi connectivity index (χ0v) is 6.68. The van der Waals surface area contributed by atoms with Crippen LogP contribution in [0.25, 0.3) is 0 Å². The number of rotatable bonds is 2. The molecule has 0 atom stereocenters. The summed E-state index contributed by atoms with van der Waals surface area (Å²) in [6.45, 7) is 0. The van der Waals surface area contributed by atoms with Gasteiger partial charge in [0, 0.05) is 12.4 Å². The molecule has 5 heteroatoms. The Morgan fingerprint density at radius 3 is 2.85 bits per heavy atom. The van der Waals surface area contributed by atoms with E-state index in [0.717, 1.165) is 0 Å². The lowest BCUT2D eigenvalue weighted by Gasteiger charge is -2.01. The summed E-state index contributed by atoms with van der Waals surface area (Å²) in [7, 11) is 0.